The average Bonchev–Trinajstić information content (AvgIpc) is 3.18. The highest BCUT2D eigenvalue weighted by Gasteiger charge is 2.32. The highest BCUT2D eigenvalue weighted by atomic mass is 35.5. The molecular formula is C18H15ClF3N7O2. The molecule has 0 aliphatic heterocycles. The third-order valence-electron chi connectivity index (χ3n) is 4.03. The Morgan fingerprint density at radius 2 is 1.81 bits per heavy atom. The summed E-state index contributed by atoms with van der Waals surface area (Å²) in [4.78, 5) is 36.7. The van der Waals surface area contributed by atoms with Gasteiger partial charge in [0.25, 0.3) is 17.8 Å². The lowest BCUT2D eigenvalue weighted by Gasteiger charge is -2.15. The van der Waals surface area contributed by atoms with Crippen LogP contribution < -0.4 is 10.6 Å². The Balaban J connectivity index is 1.94. The summed E-state index contributed by atoms with van der Waals surface area (Å²) in [6.45, 7) is 1.52. The zero-order valence-electron chi connectivity index (χ0n) is 16.1. The van der Waals surface area contributed by atoms with Crippen LogP contribution in [0.4, 0.5) is 13.2 Å². The number of rotatable bonds is 5. The minimum Gasteiger partial charge on any atom is -0.352 e. The highest BCUT2D eigenvalue weighted by molar-refractivity contribution is 6.31. The molecule has 162 valence electrons. The van der Waals surface area contributed by atoms with Crippen LogP contribution in [0.25, 0.3) is 5.95 Å². The second-order valence-corrected chi connectivity index (χ2v) is 6.69. The minimum absolute atomic E-state index is 0.0864. The summed E-state index contributed by atoms with van der Waals surface area (Å²) in [5.41, 5.74) is -1.35. The Kier molecular flexibility index (Phi) is 6.20. The molecular weight excluding hydrogens is 439 g/mol. The Morgan fingerprint density at radius 1 is 1.13 bits per heavy atom. The fourth-order valence-corrected chi connectivity index (χ4v) is 2.82. The monoisotopic (exact) mass is 453 g/mol. The molecule has 0 radical (unpaired) electrons. The van der Waals surface area contributed by atoms with Crippen molar-refractivity contribution < 1.29 is 22.8 Å². The Labute approximate surface area is 178 Å². The quantitative estimate of drug-likeness (QED) is 0.613. The summed E-state index contributed by atoms with van der Waals surface area (Å²) in [6.07, 6.45) is -1.78. The number of aromatic nitrogens is 5. The number of carbonyl (C=O) groups excluding carboxylic acids is 2. The van der Waals surface area contributed by atoms with E-state index in [2.05, 4.69) is 30.7 Å². The fraction of sp³-hybridized carbons (Fsp3) is 0.222. The lowest BCUT2D eigenvalue weighted by atomic mass is 10.1. The molecule has 13 heteroatoms. The smallest absolute Gasteiger partial charge is 0.352 e. The van der Waals surface area contributed by atoms with Crippen molar-refractivity contribution in [3.05, 3.63) is 64.5 Å². The van der Waals surface area contributed by atoms with Gasteiger partial charge in [-0.05, 0) is 31.2 Å². The number of hydrogen-bond donors (Lipinski definition) is 2. The van der Waals surface area contributed by atoms with Gasteiger partial charge in [0.2, 0.25) is 5.82 Å². The predicted octanol–water partition coefficient (Wildman–Crippen LogP) is 2.58. The van der Waals surface area contributed by atoms with Gasteiger partial charge in [0, 0.05) is 30.0 Å². The van der Waals surface area contributed by atoms with E-state index in [4.69, 9.17) is 11.6 Å². The SMILES string of the molecule is CNC(=O)c1nc(C(C)NC(=O)c2cc(Cl)cc(C(F)(F)F)c2)n(-c2ncccn2)n1. The van der Waals surface area contributed by atoms with Crippen LogP contribution in [0.15, 0.2) is 36.7 Å². The molecule has 0 saturated carbocycles. The molecule has 0 spiro atoms. The van der Waals surface area contributed by atoms with Gasteiger partial charge in [-0.25, -0.2) is 15.0 Å². The maximum atomic E-state index is 13.0. The lowest BCUT2D eigenvalue weighted by Crippen LogP contribution is -2.29. The first-order valence-corrected chi connectivity index (χ1v) is 9.13. The van der Waals surface area contributed by atoms with E-state index in [1.807, 2.05) is 0 Å². The number of halogens is 4. The van der Waals surface area contributed by atoms with Crippen molar-refractivity contribution in [3.63, 3.8) is 0 Å². The van der Waals surface area contributed by atoms with Crippen LogP contribution in [-0.2, 0) is 6.18 Å². The molecule has 2 N–H and O–H groups in total. The van der Waals surface area contributed by atoms with E-state index in [9.17, 15) is 22.8 Å². The molecule has 3 rings (SSSR count). The second kappa shape index (κ2) is 8.68. The molecule has 3 aromatic rings. The lowest BCUT2D eigenvalue weighted by molar-refractivity contribution is -0.137. The van der Waals surface area contributed by atoms with Gasteiger partial charge in [-0.15, -0.1) is 5.10 Å². The largest absolute Gasteiger partial charge is 0.416 e. The van der Waals surface area contributed by atoms with Gasteiger partial charge in [-0.1, -0.05) is 11.6 Å². The van der Waals surface area contributed by atoms with Crippen LogP contribution >= 0.6 is 11.6 Å². The first kappa shape index (κ1) is 22.2. The molecule has 9 nitrogen and oxygen atoms in total. The number of nitrogens with one attached hydrogen (secondary N) is 2. The van der Waals surface area contributed by atoms with Crippen molar-refractivity contribution in [1.82, 2.24) is 35.4 Å². The zero-order chi connectivity index (χ0) is 22.8. The van der Waals surface area contributed by atoms with E-state index in [0.717, 1.165) is 16.8 Å². The van der Waals surface area contributed by atoms with Gasteiger partial charge in [0.1, 0.15) is 0 Å². The van der Waals surface area contributed by atoms with Crippen molar-refractivity contribution in [2.45, 2.75) is 19.1 Å². The summed E-state index contributed by atoms with van der Waals surface area (Å²) >= 11 is 5.75. The minimum atomic E-state index is -4.67. The molecule has 0 saturated heterocycles. The van der Waals surface area contributed by atoms with Gasteiger partial charge in [-0.3, -0.25) is 9.59 Å². The maximum Gasteiger partial charge on any atom is 0.416 e. The summed E-state index contributed by atoms with van der Waals surface area (Å²) in [5, 5.41) is 8.72. The van der Waals surface area contributed by atoms with Gasteiger partial charge >= 0.3 is 6.18 Å². The third kappa shape index (κ3) is 4.97. The standard InChI is InChI=1S/C18H15ClF3N7O2/c1-9(26-15(30)10-6-11(18(20,21)22)8-12(19)7-10)14-27-13(16(31)23-2)28-29(14)17-24-4-3-5-25-17/h3-9H,1-2H3,(H,23,31)(H,26,30). The van der Waals surface area contributed by atoms with Crippen LogP contribution in [0.2, 0.25) is 5.02 Å². The summed E-state index contributed by atoms with van der Waals surface area (Å²) in [5.74, 6) is -1.43. The van der Waals surface area contributed by atoms with Crippen LogP contribution in [0.3, 0.4) is 0 Å². The summed E-state index contributed by atoms with van der Waals surface area (Å²) in [7, 11) is 1.39. The third-order valence-corrected chi connectivity index (χ3v) is 4.24. The highest BCUT2D eigenvalue weighted by Crippen LogP contribution is 2.32. The molecule has 0 aliphatic rings. The molecule has 1 aromatic carbocycles. The van der Waals surface area contributed by atoms with Crippen molar-refractivity contribution in [2.75, 3.05) is 7.05 Å². The van der Waals surface area contributed by atoms with Crippen molar-refractivity contribution >= 4 is 23.4 Å². The van der Waals surface area contributed by atoms with Crippen molar-refractivity contribution in [1.29, 1.82) is 0 Å². The Bertz CT molecular complexity index is 1120. The van der Waals surface area contributed by atoms with Gasteiger partial charge in [-0.2, -0.15) is 17.9 Å². The number of hydrogen-bond acceptors (Lipinski definition) is 6. The zero-order valence-corrected chi connectivity index (χ0v) is 16.9. The Hall–Kier alpha value is -3.54. The van der Waals surface area contributed by atoms with E-state index < -0.39 is 29.6 Å². The first-order chi connectivity index (χ1) is 14.6. The molecule has 2 heterocycles. The number of amides is 2. The molecule has 0 bridgehead atoms. The van der Waals surface area contributed by atoms with Crippen LogP contribution in [-0.4, -0.2) is 43.6 Å². The van der Waals surface area contributed by atoms with E-state index in [-0.39, 0.29) is 28.2 Å². The molecule has 1 atom stereocenters. The molecule has 0 fully saturated rings. The Morgan fingerprint density at radius 3 is 2.42 bits per heavy atom. The number of nitrogens with zero attached hydrogens (tertiary/aromatic N) is 5. The van der Waals surface area contributed by atoms with Crippen molar-refractivity contribution in [3.8, 4) is 5.95 Å². The van der Waals surface area contributed by atoms with E-state index in [1.54, 1.807) is 6.07 Å². The number of benzene rings is 1. The molecule has 31 heavy (non-hydrogen) atoms. The van der Waals surface area contributed by atoms with Crippen LogP contribution in [0, 0.1) is 0 Å². The maximum absolute atomic E-state index is 13.0. The predicted molar refractivity (Wildman–Crippen MR) is 103 cm³/mol. The number of carbonyl (C=O) groups is 2. The van der Waals surface area contributed by atoms with Crippen molar-refractivity contribution in [2.24, 2.45) is 0 Å². The van der Waals surface area contributed by atoms with Gasteiger partial charge in [0.15, 0.2) is 5.82 Å². The van der Waals surface area contributed by atoms with E-state index in [0.29, 0.717) is 6.07 Å². The van der Waals surface area contributed by atoms with Crippen LogP contribution in [0.1, 0.15) is 45.3 Å². The van der Waals surface area contributed by atoms with Gasteiger partial charge in [0.05, 0.1) is 11.6 Å². The molecule has 0 aliphatic carbocycles. The molecule has 1 unspecified atom stereocenters. The molecule has 2 aromatic heterocycles. The van der Waals surface area contributed by atoms with E-state index >= 15 is 0 Å². The van der Waals surface area contributed by atoms with Gasteiger partial charge < -0.3 is 10.6 Å². The molecule has 2 amide bonds. The second-order valence-electron chi connectivity index (χ2n) is 6.25. The summed E-state index contributed by atoms with van der Waals surface area (Å²) < 4.78 is 40.2. The fourth-order valence-electron chi connectivity index (χ4n) is 2.59. The summed E-state index contributed by atoms with van der Waals surface area (Å²) in [6, 6.07) is 3.22. The van der Waals surface area contributed by atoms with Crippen LogP contribution in [0.5, 0.6) is 0 Å². The first-order valence-electron chi connectivity index (χ1n) is 8.75. The normalized spacial score (nSPS) is 12.3. The topological polar surface area (TPSA) is 115 Å². The number of alkyl halides is 3. The average molecular weight is 454 g/mol. The van der Waals surface area contributed by atoms with E-state index in [1.165, 1.54) is 26.4 Å².